The van der Waals surface area contributed by atoms with Crippen molar-refractivity contribution in [2.75, 3.05) is 0 Å². The number of fused-ring (bicyclic) bond motifs is 3. The summed E-state index contributed by atoms with van der Waals surface area (Å²) in [5.41, 5.74) is 1.38. The van der Waals surface area contributed by atoms with E-state index in [-0.39, 0.29) is 24.0 Å². The minimum Gasteiger partial charge on any atom is -1.00 e. The van der Waals surface area contributed by atoms with Crippen LogP contribution >= 0.6 is 22.7 Å². The van der Waals surface area contributed by atoms with E-state index in [9.17, 15) is 0 Å². The molecule has 15 heavy (non-hydrogen) atoms. The van der Waals surface area contributed by atoms with E-state index in [0.717, 1.165) is 0 Å². The van der Waals surface area contributed by atoms with Crippen molar-refractivity contribution in [3.8, 4) is 0 Å². The Kier molecular flexibility index (Phi) is 3.00. The van der Waals surface area contributed by atoms with Crippen LogP contribution in [-0.2, 0) is 7.05 Å². The third-order valence-corrected chi connectivity index (χ3v) is 4.64. The summed E-state index contributed by atoms with van der Waals surface area (Å²) in [5, 5.41) is 4.91. The predicted octanol–water partition coefficient (Wildman–Crippen LogP) is 0.253. The molecule has 0 saturated carbocycles. The molecular formula is C11H10INS2. The molecule has 0 spiro atoms. The number of benzene rings is 1. The van der Waals surface area contributed by atoms with Crippen LogP contribution in [-0.4, -0.2) is 0 Å². The van der Waals surface area contributed by atoms with Crippen molar-refractivity contribution in [3.63, 3.8) is 0 Å². The summed E-state index contributed by atoms with van der Waals surface area (Å²) >= 11 is 3.68. The van der Waals surface area contributed by atoms with Gasteiger partial charge >= 0.3 is 0 Å². The normalized spacial score (nSPS) is 10.8. The second-order valence-corrected chi connectivity index (χ2v) is 5.61. The molecule has 2 aromatic heterocycles. The molecule has 0 amide bonds. The van der Waals surface area contributed by atoms with Crippen LogP contribution in [0.1, 0.15) is 5.01 Å². The number of aromatic nitrogens is 1. The molecule has 0 aliphatic rings. The monoisotopic (exact) mass is 347 g/mol. The molecule has 0 radical (unpaired) electrons. The lowest BCUT2D eigenvalue weighted by Crippen LogP contribution is -3.00. The van der Waals surface area contributed by atoms with Gasteiger partial charge in [-0.05, 0) is 23.6 Å². The van der Waals surface area contributed by atoms with E-state index in [4.69, 9.17) is 0 Å². The molecule has 3 rings (SSSR count). The van der Waals surface area contributed by atoms with Crippen LogP contribution in [0.15, 0.2) is 23.6 Å². The van der Waals surface area contributed by atoms with Gasteiger partial charge in [0.15, 0.2) is 0 Å². The van der Waals surface area contributed by atoms with Crippen molar-refractivity contribution in [2.24, 2.45) is 7.05 Å². The van der Waals surface area contributed by atoms with Gasteiger partial charge in [-0.2, -0.15) is 4.57 Å². The molecule has 1 aromatic carbocycles. The van der Waals surface area contributed by atoms with E-state index in [1.807, 2.05) is 22.7 Å². The van der Waals surface area contributed by atoms with Gasteiger partial charge in [-0.1, -0.05) is 11.3 Å². The Bertz CT molecular complexity index is 624. The van der Waals surface area contributed by atoms with Gasteiger partial charge in [-0.3, -0.25) is 0 Å². The van der Waals surface area contributed by atoms with Gasteiger partial charge in [-0.15, -0.1) is 11.3 Å². The van der Waals surface area contributed by atoms with Crippen LogP contribution in [0.5, 0.6) is 0 Å². The minimum absolute atomic E-state index is 0. The summed E-state index contributed by atoms with van der Waals surface area (Å²) in [4.78, 5) is 0. The van der Waals surface area contributed by atoms with E-state index in [0.29, 0.717) is 0 Å². The van der Waals surface area contributed by atoms with Crippen LogP contribution in [0, 0.1) is 6.92 Å². The molecule has 0 unspecified atom stereocenters. The molecule has 0 bridgehead atoms. The zero-order valence-electron chi connectivity index (χ0n) is 8.45. The largest absolute Gasteiger partial charge is 1.00 e. The average molecular weight is 347 g/mol. The van der Waals surface area contributed by atoms with E-state index in [2.05, 4.69) is 42.1 Å². The molecule has 0 aliphatic heterocycles. The Hall–Kier alpha value is -0.200. The first-order chi connectivity index (χ1) is 6.77. The van der Waals surface area contributed by atoms with Gasteiger partial charge in [0.05, 0.1) is 5.39 Å². The first-order valence-electron chi connectivity index (χ1n) is 4.53. The van der Waals surface area contributed by atoms with Crippen LogP contribution in [0.2, 0.25) is 0 Å². The Morgan fingerprint density at radius 1 is 1.13 bits per heavy atom. The molecule has 78 valence electrons. The molecule has 0 fully saturated rings. The van der Waals surface area contributed by atoms with Gasteiger partial charge in [-0.25, -0.2) is 0 Å². The first kappa shape index (κ1) is 11.3. The highest BCUT2D eigenvalue weighted by atomic mass is 127. The number of thiazole rings is 1. The number of rotatable bonds is 0. The van der Waals surface area contributed by atoms with Crippen LogP contribution in [0.25, 0.3) is 20.3 Å². The molecule has 3 aromatic rings. The summed E-state index contributed by atoms with van der Waals surface area (Å²) in [6.45, 7) is 2.17. The maximum atomic E-state index is 2.29. The summed E-state index contributed by atoms with van der Waals surface area (Å²) in [5.74, 6) is 0. The van der Waals surface area contributed by atoms with Gasteiger partial charge < -0.3 is 24.0 Å². The molecule has 1 nitrogen and oxygen atoms in total. The zero-order valence-corrected chi connectivity index (χ0v) is 12.2. The molecule has 0 atom stereocenters. The van der Waals surface area contributed by atoms with Gasteiger partial charge in [0.1, 0.15) is 11.7 Å². The smallest absolute Gasteiger partial charge is 0.234 e. The third kappa shape index (κ3) is 1.59. The maximum Gasteiger partial charge on any atom is 0.234 e. The summed E-state index contributed by atoms with van der Waals surface area (Å²) in [6, 6.07) is 6.67. The average Bonchev–Trinajstić information content (AvgIpc) is 2.72. The second-order valence-electron chi connectivity index (χ2n) is 3.42. The standard InChI is InChI=1S/C11H10NS2.HI/c1-7-12(2)11-8-5-6-13-9(8)3-4-10(11)14-7;/h3-6H,1-2H3;1H/q+1;/p-1. The van der Waals surface area contributed by atoms with E-state index in [1.54, 1.807) is 0 Å². The zero-order chi connectivity index (χ0) is 9.71. The number of nitrogens with zero attached hydrogens (tertiary/aromatic N) is 1. The Balaban J connectivity index is 0.000000853. The van der Waals surface area contributed by atoms with E-state index >= 15 is 0 Å². The number of aryl methyl sites for hydroxylation is 2. The van der Waals surface area contributed by atoms with Crippen molar-refractivity contribution < 1.29 is 28.5 Å². The lowest BCUT2D eigenvalue weighted by Gasteiger charge is -1.89. The maximum absolute atomic E-state index is 2.29. The second kappa shape index (κ2) is 3.99. The summed E-state index contributed by atoms with van der Waals surface area (Å²) < 4.78 is 5.05. The van der Waals surface area contributed by atoms with Gasteiger partial charge in [0.25, 0.3) is 0 Å². The van der Waals surface area contributed by atoms with E-state index in [1.165, 1.54) is 25.3 Å². The Morgan fingerprint density at radius 3 is 2.67 bits per heavy atom. The van der Waals surface area contributed by atoms with Crippen molar-refractivity contribution in [2.45, 2.75) is 6.92 Å². The summed E-state index contributed by atoms with van der Waals surface area (Å²) in [6.07, 6.45) is 0. The van der Waals surface area contributed by atoms with Crippen molar-refractivity contribution >= 4 is 43.0 Å². The van der Waals surface area contributed by atoms with Crippen molar-refractivity contribution in [1.29, 1.82) is 0 Å². The predicted molar refractivity (Wildman–Crippen MR) is 63.1 cm³/mol. The van der Waals surface area contributed by atoms with E-state index < -0.39 is 0 Å². The first-order valence-corrected chi connectivity index (χ1v) is 6.22. The van der Waals surface area contributed by atoms with Crippen LogP contribution < -0.4 is 28.5 Å². The fourth-order valence-corrected chi connectivity index (χ4v) is 3.64. The van der Waals surface area contributed by atoms with Gasteiger partial charge in [0, 0.05) is 11.6 Å². The number of hydrogen-bond donors (Lipinski definition) is 0. The summed E-state index contributed by atoms with van der Waals surface area (Å²) in [7, 11) is 2.14. The molecule has 4 heteroatoms. The molecule has 0 N–H and O–H groups in total. The van der Waals surface area contributed by atoms with Crippen molar-refractivity contribution in [1.82, 2.24) is 0 Å². The molecule has 0 aliphatic carbocycles. The number of thiophene rings is 1. The highest BCUT2D eigenvalue weighted by Crippen LogP contribution is 2.30. The lowest BCUT2D eigenvalue weighted by atomic mass is 10.2. The number of halogens is 1. The van der Waals surface area contributed by atoms with Crippen LogP contribution in [0.4, 0.5) is 0 Å². The van der Waals surface area contributed by atoms with Crippen LogP contribution in [0.3, 0.4) is 0 Å². The highest BCUT2D eigenvalue weighted by Gasteiger charge is 2.16. The third-order valence-electron chi connectivity index (χ3n) is 2.64. The molecular weight excluding hydrogens is 337 g/mol. The molecule has 2 heterocycles. The minimum atomic E-state index is 0. The SMILES string of the molecule is Cc1sc2ccc3sccc3c2[n+]1C.[I-]. The highest BCUT2D eigenvalue weighted by molar-refractivity contribution is 7.19. The quantitative estimate of drug-likeness (QED) is 0.406. The fourth-order valence-electron chi connectivity index (χ4n) is 1.82. The van der Waals surface area contributed by atoms with Crippen molar-refractivity contribution in [3.05, 3.63) is 28.6 Å². The Morgan fingerprint density at radius 2 is 1.87 bits per heavy atom. The fraction of sp³-hybridized carbons (Fsp3) is 0.182. The molecule has 0 saturated heterocycles. The number of hydrogen-bond acceptors (Lipinski definition) is 2. The lowest BCUT2D eigenvalue weighted by molar-refractivity contribution is -0.645. The van der Waals surface area contributed by atoms with Gasteiger partial charge in [0.2, 0.25) is 10.5 Å². The topological polar surface area (TPSA) is 3.88 Å². The Labute approximate surface area is 113 Å².